The van der Waals surface area contributed by atoms with Gasteiger partial charge in [-0.1, -0.05) is 0 Å². The molecule has 28 heavy (non-hydrogen) atoms. The largest absolute Gasteiger partial charge is 2.00 e. The Morgan fingerprint density at radius 3 is 1.39 bits per heavy atom. The molecule has 4 nitrogen and oxygen atoms in total. The van der Waals surface area contributed by atoms with Crippen LogP contribution in [-0.2, 0) is 0 Å². The minimum Gasteiger partial charge on any atom is -1.00 e. The summed E-state index contributed by atoms with van der Waals surface area (Å²) in [5.74, 6) is 3.05. The van der Waals surface area contributed by atoms with Crippen LogP contribution in [0.2, 0.25) is 0 Å². The van der Waals surface area contributed by atoms with Crippen molar-refractivity contribution in [2.75, 3.05) is 28.4 Å². The minimum absolute atomic E-state index is 0. The first-order valence-electron chi connectivity index (χ1n) is 8.17. The van der Waals surface area contributed by atoms with Gasteiger partial charge in [-0.25, -0.2) is 0 Å². The van der Waals surface area contributed by atoms with Gasteiger partial charge in [0.05, 0.1) is 39.9 Å². The van der Waals surface area contributed by atoms with Gasteiger partial charge in [-0.3, -0.25) is 0 Å². The zero-order valence-corrected chi connectivity index (χ0v) is 19.4. The van der Waals surface area contributed by atoms with E-state index in [-0.39, 0.29) is 40.0 Å². The molecule has 0 aromatic heterocycles. The summed E-state index contributed by atoms with van der Waals surface area (Å²) in [7, 11) is 6.60. The zero-order chi connectivity index (χ0) is 18.5. The van der Waals surface area contributed by atoms with Crippen molar-refractivity contribution in [3.8, 4) is 45.3 Å². The molecule has 0 radical (unpaired) electrons. The number of halogens is 1. The Bertz CT molecular complexity index is 844. The third-order valence-electron chi connectivity index (χ3n) is 4.19. The number of methoxy groups -OCH3 is 4. The summed E-state index contributed by atoms with van der Waals surface area (Å²) in [5, 5.41) is 0. The van der Waals surface area contributed by atoms with Gasteiger partial charge in [0.1, 0.15) is 11.5 Å². The number of benzene rings is 3. The summed E-state index contributed by atoms with van der Waals surface area (Å²) in [6.07, 6.45) is 0. The summed E-state index contributed by atoms with van der Waals surface area (Å²) in [5.41, 5.74) is 3.64. The van der Waals surface area contributed by atoms with E-state index in [0.717, 1.165) is 45.3 Å². The van der Waals surface area contributed by atoms with Crippen LogP contribution in [0.3, 0.4) is 0 Å². The van der Waals surface area contributed by atoms with E-state index >= 15 is 0 Å². The van der Waals surface area contributed by atoms with E-state index in [1.54, 1.807) is 28.4 Å². The van der Waals surface area contributed by atoms with Gasteiger partial charge in [0, 0.05) is 0 Å². The maximum atomic E-state index is 5.51. The molecule has 0 saturated heterocycles. The van der Waals surface area contributed by atoms with Gasteiger partial charge in [-0.05, 0) is 47.5 Å². The van der Waals surface area contributed by atoms with Crippen LogP contribution >= 0.6 is 0 Å². The monoisotopic (exact) mass is 452 g/mol. The van der Waals surface area contributed by atoms with E-state index in [9.17, 15) is 0 Å². The summed E-state index contributed by atoms with van der Waals surface area (Å²) >= 11 is 0. The van der Waals surface area contributed by atoms with Crippen LogP contribution in [0.25, 0.3) is 22.3 Å². The molecule has 0 aliphatic carbocycles. The standard InChI is InChI=1S/C22H21O4.BrH.Mg/c1-23-17-8-10-21(25-3)19(13-17)15-6-5-7-16(12-15)20-14-18(24-2)9-11-22(20)26-4;;/h5-11,13-14H,1-4H3;1H;/q-1;;+2/p-1. The van der Waals surface area contributed by atoms with E-state index in [1.807, 2.05) is 54.6 Å². The summed E-state index contributed by atoms with van der Waals surface area (Å²) in [4.78, 5) is 0. The van der Waals surface area contributed by atoms with Crippen molar-refractivity contribution in [1.29, 1.82) is 0 Å². The van der Waals surface area contributed by atoms with Crippen LogP contribution < -0.4 is 35.9 Å². The second kappa shape index (κ2) is 11.2. The van der Waals surface area contributed by atoms with Crippen molar-refractivity contribution in [2.24, 2.45) is 0 Å². The third-order valence-corrected chi connectivity index (χ3v) is 4.19. The van der Waals surface area contributed by atoms with Crippen molar-refractivity contribution in [3.63, 3.8) is 0 Å². The Balaban J connectivity index is 0.00000196. The van der Waals surface area contributed by atoms with Crippen LogP contribution in [0.1, 0.15) is 0 Å². The maximum absolute atomic E-state index is 5.51. The van der Waals surface area contributed by atoms with Crippen LogP contribution in [0, 0.1) is 6.07 Å². The van der Waals surface area contributed by atoms with Crippen molar-refractivity contribution >= 4 is 23.1 Å². The quantitative estimate of drug-likeness (QED) is 0.419. The predicted octanol–water partition coefficient (Wildman–Crippen LogP) is 1.48. The predicted molar refractivity (Wildman–Crippen MR) is 108 cm³/mol. The minimum atomic E-state index is 0. The summed E-state index contributed by atoms with van der Waals surface area (Å²) in [6, 6.07) is 20.8. The van der Waals surface area contributed by atoms with Crippen LogP contribution in [0.5, 0.6) is 23.0 Å². The van der Waals surface area contributed by atoms with E-state index in [1.165, 1.54) is 0 Å². The van der Waals surface area contributed by atoms with Crippen molar-refractivity contribution in [1.82, 2.24) is 0 Å². The molecule has 0 bridgehead atoms. The average molecular weight is 454 g/mol. The smallest absolute Gasteiger partial charge is 1.00 e. The van der Waals surface area contributed by atoms with E-state index in [4.69, 9.17) is 18.9 Å². The summed E-state index contributed by atoms with van der Waals surface area (Å²) in [6.45, 7) is 0. The second-order valence-corrected chi connectivity index (χ2v) is 5.61. The molecule has 142 valence electrons. The molecule has 0 aliphatic rings. The Morgan fingerprint density at radius 2 is 1.04 bits per heavy atom. The summed E-state index contributed by atoms with van der Waals surface area (Å²) < 4.78 is 21.7. The van der Waals surface area contributed by atoms with Crippen molar-refractivity contribution in [2.45, 2.75) is 0 Å². The molecule has 0 atom stereocenters. The van der Waals surface area contributed by atoms with Gasteiger partial charge in [-0.15, -0.1) is 35.4 Å². The molecule has 3 rings (SSSR count). The van der Waals surface area contributed by atoms with Gasteiger partial charge < -0.3 is 35.9 Å². The Kier molecular flexibility index (Phi) is 9.65. The van der Waals surface area contributed by atoms with Gasteiger partial charge in [0.25, 0.3) is 0 Å². The Hall–Kier alpha value is -1.89. The fraction of sp³-hybridized carbons (Fsp3) is 0.182. The van der Waals surface area contributed by atoms with E-state index < -0.39 is 0 Å². The SMILES string of the molecule is COc1ccc(OC)c(-c2[c-]c(-c3cc(OC)ccc3OC)ccc2)c1.[Br-].[Mg+2]. The van der Waals surface area contributed by atoms with Crippen LogP contribution in [-0.4, -0.2) is 51.5 Å². The first kappa shape index (κ1) is 24.1. The van der Waals surface area contributed by atoms with Crippen molar-refractivity contribution in [3.05, 3.63) is 60.7 Å². The molecule has 0 heterocycles. The molecule has 0 unspecified atom stereocenters. The fourth-order valence-corrected chi connectivity index (χ4v) is 2.83. The molecule has 3 aromatic rings. The molecule has 0 saturated carbocycles. The van der Waals surface area contributed by atoms with Gasteiger partial charge in [-0.2, -0.15) is 0 Å². The molecule has 0 aliphatic heterocycles. The van der Waals surface area contributed by atoms with Gasteiger partial charge in [0.2, 0.25) is 0 Å². The second-order valence-electron chi connectivity index (χ2n) is 5.61. The molecule has 0 fully saturated rings. The molecule has 6 heteroatoms. The van der Waals surface area contributed by atoms with Crippen molar-refractivity contribution < 1.29 is 35.9 Å². The number of rotatable bonds is 6. The molecule has 0 amide bonds. The van der Waals surface area contributed by atoms with Crippen LogP contribution in [0.4, 0.5) is 0 Å². The molecule has 0 N–H and O–H groups in total. The fourth-order valence-electron chi connectivity index (χ4n) is 2.83. The first-order chi connectivity index (χ1) is 12.7. The topological polar surface area (TPSA) is 36.9 Å². The van der Waals surface area contributed by atoms with E-state index in [0.29, 0.717) is 0 Å². The van der Waals surface area contributed by atoms with Gasteiger partial charge in [0.15, 0.2) is 0 Å². The molecular weight excluding hydrogens is 432 g/mol. The Labute approximate surface area is 192 Å². The molecule has 0 spiro atoms. The van der Waals surface area contributed by atoms with Crippen LogP contribution in [0.15, 0.2) is 54.6 Å². The third kappa shape index (κ3) is 5.13. The molecular formula is C22H21BrMgO4. The zero-order valence-electron chi connectivity index (χ0n) is 16.4. The number of hydrogen-bond acceptors (Lipinski definition) is 4. The number of ether oxygens (including phenoxy) is 4. The maximum Gasteiger partial charge on any atom is 2.00 e. The number of hydrogen-bond donors (Lipinski definition) is 0. The van der Waals surface area contributed by atoms with Gasteiger partial charge >= 0.3 is 23.1 Å². The Morgan fingerprint density at radius 1 is 0.607 bits per heavy atom. The normalized spacial score (nSPS) is 9.57. The first-order valence-corrected chi connectivity index (χ1v) is 8.17. The van der Waals surface area contributed by atoms with E-state index in [2.05, 4.69) is 6.07 Å². The average Bonchev–Trinajstić information content (AvgIpc) is 2.72. The molecule has 3 aromatic carbocycles.